The van der Waals surface area contributed by atoms with E-state index < -0.39 is 17.9 Å². The van der Waals surface area contributed by atoms with Crippen LogP contribution in [0.3, 0.4) is 0 Å². The Morgan fingerprint density at radius 2 is 1.76 bits per heavy atom. The number of aliphatic hydroxyl groups excluding tert-OH is 3. The van der Waals surface area contributed by atoms with Gasteiger partial charge in [0, 0.05) is 23.4 Å². The summed E-state index contributed by atoms with van der Waals surface area (Å²) in [4.78, 5) is 6.78. The topological polar surface area (TPSA) is 108 Å². The standard InChI is InChI=1S/C28H30F2N4O4/c1-15-27(23(14-35)32-38-15)16-2-9-24-22(12-16)31-28(34(24)17-3-6-19(36)7-4-17)25-10-11-26(37)33(25)18-5-8-20(29)21(30)13-18/h2,5,8-9,12-13,17,19,25-26,35-37H,3-4,6-7,10-11,14H2,1H3/t17-,19-,25-,26?/m0/s1. The second-order valence-corrected chi connectivity index (χ2v) is 10.3. The van der Waals surface area contributed by atoms with Gasteiger partial charge in [0.2, 0.25) is 0 Å². The number of rotatable bonds is 5. The molecule has 3 heterocycles. The lowest BCUT2D eigenvalue weighted by Gasteiger charge is -2.33. The fourth-order valence-corrected chi connectivity index (χ4v) is 6.15. The molecule has 1 saturated heterocycles. The first-order chi connectivity index (χ1) is 18.4. The van der Waals surface area contributed by atoms with E-state index in [1.807, 2.05) is 18.2 Å². The van der Waals surface area contributed by atoms with Crippen molar-refractivity contribution in [3.8, 4) is 11.1 Å². The molecule has 2 aliphatic rings. The van der Waals surface area contributed by atoms with Crippen LogP contribution in [-0.4, -0.2) is 42.4 Å². The molecule has 0 bridgehead atoms. The van der Waals surface area contributed by atoms with Gasteiger partial charge in [-0.2, -0.15) is 0 Å². The van der Waals surface area contributed by atoms with Crippen molar-refractivity contribution in [1.29, 1.82) is 0 Å². The van der Waals surface area contributed by atoms with Gasteiger partial charge in [-0.1, -0.05) is 11.2 Å². The average Bonchev–Trinajstić information content (AvgIpc) is 3.60. The van der Waals surface area contributed by atoms with Gasteiger partial charge < -0.3 is 29.3 Å². The largest absolute Gasteiger partial charge is 0.393 e. The van der Waals surface area contributed by atoms with Crippen molar-refractivity contribution in [2.75, 3.05) is 4.90 Å². The Bertz CT molecular complexity index is 1480. The van der Waals surface area contributed by atoms with Crippen molar-refractivity contribution < 1.29 is 28.6 Å². The molecular weight excluding hydrogens is 494 g/mol. The summed E-state index contributed by atoms with van der Waals surface area (Å²) in [7, 11) is 0. The molecule has 1 saturated carbocycles. The van der Waals surface area contributed by atoms with E-state index in [0.717, 1.165) is 53.0 Å². The molecule has 10 heteroatoms. The molecule has 38 heavy (non-hydrogen) atoms. The van der Waals surface area contributed by atoms with Crippen molar-refractivity contribution in [3.63, 3.8) is 0 Å². The van der Waals surface area contributed by atoms with Crippen LogP contribution < -0.4 is 4.90 Å². The number of fused-ring (bicyclic) bond motifs is 1. The number of imidazole rings is 1. The third-order valence-corrected chi connectivity index (χ3v) is 7.97. The molecule has 2 fully saturated rings. The van der Waals surface area contributed by atoms with Gasteiger partial charge in [-0.25, -0.2) is 13.8 Å². The fourth-order valence-electron chi connectivity index (χ4n) is 6.15. The van der Waals surface area contributed by atoms with Gasteiger partial charge in [-0.05, 0) is 75.3 Å². The smallest absolute Gasteiger partial charge is 0.160 e. The minimum atomic E-state index is -0.969. The molecule has 0 radical (unpaired) electrons. The number of aryl methyl sites for hydroxylation is 1. The Hall–Kier alpha value is -3.34. The maximum atomic E-state index is 14.2. The van der Waals surface area contributed by atoms with Crippen LogP contribution in [0, 0.1) is 18.6 Å². The number of halogens is 2. The van der Waals surface area contributed by atoms with Gasteiger partial charge >= 0.3 is 0 Å². The van der Waals surface area contributed by atoms with E-state index in [0.29, 0.717) is 42.8 Å². The second kappa shape index (κ2) is 9.76. The number of hydrogen-bond acceptors (Lipinski definition) is 7. The average molecular weight is 525 g/mol. The van der Waals surface area contributed by atoms with E-state index in [4.69, 9.17) is 9.51 Å². The van der Waals surface area contributed by atoms with Crippen molar-refractivity contribution in [2.24, 2.45) is 0 Å². The van der Waals surface area contributed by atoms with Crippen molar-refractivity contribution >= 4 is 16.7 Å². The summed E-state index contributed by atoms with van der Waals surface area (Å²) in [5, 5.41) is 34.7. The zero-order chi connectivity index (χ0) is 26.6. The monoisotopic (exact) mass is 524 g/mol. The Kier molecular flexibility index (Phi) is 6.41. The number of aromatic nitrogens is 3. The number of benzene rings is 2. The summed E-state index contributed by atoms with van der Waals surface area (Å²) >= 11 is 0. The van der Waals surface area contributed by atoms with Crippen molar-refractivity contribution in [2.45, 2.75) is 76.5 Å². The predicted molar refractivity (Wildman–Crippen MR) is 136 cm³/mol. The van der Waals surface area contributed by atoms with Gasteiger partial charge in [0.1, 0.15) is 23.5 Å². The Labute approximate surface area is 218 Å². The fraction of sp³-hybridized carbons (Fsp3) is 0.429. The molecule has 0 spiro atoms. The van der Waals surface area contributed by atoms with Crippen LogP contribution in [0.2, 0.25) is 0 Å². The third-order valence-electron chi connectivity index (χ3n) is 7.97. The highest BCUT2D eigenvalue weighted by Gasteiger charge is 2.38. The summed E-state index contributed by atoms with van der Waals surface area (Å²) in [5.41, 5.74) is 4.04. The van der Waals surface area contributed by atoms with E-state index in [-0.39, 0.29) is 24.8 Å². The number of nitrogens with zero attached hydrogens (tertiary/aromatic N) is 4. The highest BCUT2D eigenvalue weighted by Crippen LogP contribution is 2.43. The minimum absolute atomic E-state index is 0.0964. The highest BCUT2D eigenvalue weighted by molar-refractivity contribution is 5.84. The minimum Gasteiger partial charge on any atom is -0.393 e. The summed E-state index contributed by atoms with van der Waals surface area (Å²) < 4.78 is 35.4. The SMILES string of the molecule is Cc1onc(CO)c1-c1ccc2c(c1)nc([C@@H]1CCC(O)N1c1ccc(F)c(F)c1)n2[C@H]1CC[C@H](O)CC1. The zero-order valence-corrected chi connectivity index (χ0v) is 21.0. The van der Waals surface area contributed by atoms with E-state index in [2.05, 4.69) is 9.72 Å². The summed E-state index contributed by atoms with van der Waals surface area (Å²) in [6.45, 7) is 1.54. The second-order valence-electron chi connectivity index (χ2n) is 10.3. The Morgan fingerprint density at radius 1 is 0.974 bits per heavy atom. The lowest BCUT2D eigenvalue weighted by atomic mass is 9.92. The van der Waals surface area contributed by atoms with Crippen LogP contribution >= 0.6 is 0 Å². The Balaban J connectivity index is 1.49. The van der Waals surface area contributed by atoms with Gasteiger partial charge in [0.05, 0.1) is 29.8 Å². The van der Waals surface area contributed by atoms with Crippen LogP contribution in [0.15, 0.2) is 40.9 Å². The lowest BCUT2D eigenvalue weighted by molar-refractivity contribution is 0.110. The molecule has 6 rings (SSSR count). The first-order valence-corrected chi connectivity index (χ1v) is 13.0. The summed E-state index contributed by atoms with van der Waals surface area (Å²) in [5.74, 6) is -0.573. The van der Waals surface area contributed by atoms with E-state index in [9.17, 15) is 24.1 Å². The molecule has 200 valence electrons. The maximum Gasteiger partial charge on any atom is 0.160 e. The van der Waals surface area contributed by atoms with E-state index >= 15 is 0 Å². The number of anilines is 1. The number of hydrogen-bond donors (Lipinski definition) is 3. The van der Waals surface area contributed by atoms with Gasteiger partial charge in [0.15, 0.2) is 11.6 Å². The molecule has 4 aromatic rings. The third kappa shape index (κ3) is 4.16. The van der Waals surface area contributed by atoms with Crippen LogP contribution in [0.5, 0.6) is 0 Å². The summed E-state index contributed by atoms with van der Waals surface area (Å²) in [6.07, 6.45) is 2.78. The first kappa shape index (κ1) is 25.0. The lowest BCUT2D eigenvalue weighted by Crippen LogP contribution is -2.33. The molecular formula is C28H30F2N4O4. The molecule has 0 amide bonds. The van der Waals surface area contributed by atoms with Crippen LogP contribution in [0.1, 0.15) is 67.9 Å². The molecule has 1 unspecified atom stereocenters. The van der Waals surface area contributed by atoms with Crippen molar-refractivity contribution in [1.82, 2.24) is 14.7 Å². The number of aliphatic hydroxyl groups is 3. The van der Waals surface area contributed by atoms with E-state index in [1.54, 1.807) is 11.8 Å². The van der Waals surface area contributed by atoms with Crippen LogP contribution in [0.4, 0.5) is 14.5 Å². The van der Waals surface area contributed by atoms with Crippen LogP contribution in [0.25, 0.3) is 22.2 Å². The maximum absolute atomic E-state index is 14.2. The van der Waals surface area contributed by atoms with Gasteiger partial charge in [-0.15, -0.1) is 0 Å². The molecule has 1 aliphatic heterocycles. The van der Waals surface area contributed by atoms with Gasteiger partial charge in [-0.3, -0.25) is 0 Å². The molecule has 8 nitrogen and oxygen atoms in total. The predicted octanol–water partition coefficient (Wildman–Crippen LogP) is 4.91. The quantitative estimate of drug-likeness (QED) is 0.341. The molecule has 2 aromatic heterocycles. The molecule has 2 atom stereocenters. The van der Waals surface area contributed by atoms with Crippen LogP contribution in [-0.2, 0) is 6.61 Å². The van der Waals surface area contributed by atoms with Crippen molar-refractivity contribution in [3.05, 3.63) is 65.3 Å². The Morgan fingerprint density at radius 3 is 2.50 bits per heavy atom. The van der Waals surface area contributed by atoms with Gasteiger partial charge in [0.25, 0.3) is 0 Å². The van der Waals surface area contributed by atoms with E-state index in [1.165, 1.54) is 6.07 Å². The zero-order valence-electron chi connectivity index (χ0n) is 21.0. The normalized spacial score (nSPS) is 24.0. The first-order valence-electron chi connectivity index (χ1n) is 13.0. The molecule has 2 aromatic carbocycles. The summed E-state index contributed by atoms with van der Waals surface area (Å²) in [6, 6.07) is 9.30. The highest BCUT2D eigenvalue weighted by atomic mass is 19.2. The molecule has 1 aliphatic carbocycles. The molecule has 3 N–H and O–H groups in total.